The Kier molecular flexibility index (Phi) is 2.91. The van der Waals surface area contributed by atoms with Gasteiger partial charge in [0.15, 0.2) is 0 Å². The minimum absolute atomic E-state index is 0.0839. The van der Waals surface area contributed by atoms with E-state index < -0.39 is 10.7 Å². The highest BCUT2D eigenvalue weighted by molar-refractivity contribution is 6.04. The number of ketones is 1. The van der Waals surface area contributed by atoms with Gasteiger partial charge in [-0.1, -0.05) is 0 Å². The van der Waals surface area contributed by atoms with Crippen LogP contribution >= 0.6 is 0 Å². The average molecular weight is 262 g/mol. The number of rotatable bonds is 3. The van der Waals surface area contributed by atoms with Crippen LogP contribution in [0.25, 0.3) is 11.0 Å². The van der Waals surface area contributed by atoms with Crippen molar-refractivity contribution < 1.29 is 14.9 Å². The van der Waals surface area contributed by atoms with Gasteiger partial charge in [-0.05, 0) is 13.0 Å². The molecule has 0 saturated heterocycles. The smallest absolute Gasteiger partial charge is 0.271 e. The van der Waals surface area contributed by atoms with Crippen LogP contribution in [-0.4, -0.2) is 25.6 Å². The summed E-state index contributed by atoms with van der Waals surface area (Å²) in [5, 5.41) is 20.5. The van der Waals surface area contributed by atoms with Crippen LogP contribution in [0.5, 0.6) is 0 Å². The van der Waals surface area contributed by atoms with E-state index in [0.29, 0.717) is 4.73 Å². The Hall–Kier alpha value is -2.90. The van der Waals surface area contributed by atoms with Gasteiger partial charge in [0.1, 0.15) is 5.52 Å². The lowest BCUT2D eigenvalue weighted by Gasteiger charge is -1.97. The van der Waals surface area contributed by atoms with Crippen LogP contribution in [0.3, 0.4) is 0 Å². The molecule has 0 fully saturated rings. The molecule has 19 heavy (non-hydrogen) atoms. The van der Waals surface area contributed by atoms with E-state index in [2.05, 4.69) is 4.98 Å². The number of hydrogen-bond donors (Lipinski definition) is 2. The summed E-state index contributed by atoms with van der Waals surface area (Å²) in [6.07, 6.45) is 1.11. The standard InChI is InChI=1S/C11H10N4O4/c1-6(12)4-10(16)11-13-8-3-2-7(15(18)19)5-9(8)14(11)17/h2-5,17H,12H2,1H3. The maximum absolute atomic E-state index is 11.7. The van der Waals surface area contributed by atoms with Crippen LogP contribution in [0, 0.1) is 10.1 Å². The fourth-order valence-electron chi connectivity index (χ4n) is 1.60. The quantitative estimate of drug-likeness (QED) is 0.282. The van der Waals surface area contributed by atoms with Crippen LogP contribution in [0.4, 0.5) is 5.69 Å². The highest BCUT2D eigenvalue weighted by atomic mass is 16.6. The second-order valence-electron chi connectivity index (χ2n) is 3.93. The third-order valence-electron chi connectivity index (χ3n) is 2.40. The predicted molar refractivity (Wildman–Crippen MR) is 65.8 cm³/mol. The highest BCUT2D eigenvalue weighted by Crippen LogP contribution is 2.21. The van der Waals surface area contributed by atoms with Gasteiger partial charge in [-0.2, -0.15) is 4.73 Å². The monoisotopic (exact) mass is 262 g/mol. The number of hydrogen-bond acceptors (Lipinski definition) is 6. The molecule has 1 aromatic heterocycles. The van der Waals surface area contributed by atoms with Crippen molar-refractivity contribution in [1.29, 1.82) is 0 Å². The molecular formula is C11H10N4O4. The normalized spacial score (nSPS) is 11.7. The first kappa shape index (κ1) is 12.6. The topological polar surface area (TPSA) is 124 Å². The summed E-state index contributed by atoms with van der Waals surface area (Å²) >= 11 is 0. The van der Waals surface area contributed by atoms with Gasteiger partial charge in [-0.25, -0.2) is 4.98 Å². The number of nitro groups is 1. The maximum atomic E-state index is 11.7. The Morgan fingerprint density at radius 3 is 2.84 bits per heavy atom. The van der Waals surface area contributed by atoms with Crippen molar-refractivity contribution in [3.05, 3.63) is 45.9 Å². The Bertz CT molecular complexity index is 713. The van der Waals surface area contributed by atoms with Crippen LogP contribution in [0.2, 0.25) is 0 Å². The van der Waals surface area contributed by atoms with E-state index in [0.717, 1.165) is 12.1 Å². The van der Waals surface area contributed by atoms with Gasteiger partial charge in [0.25, 0.3) is 5.69 Å². The molecule has 0 spiro atoms. The molecule has 1 aromatic carbocycles. The number of fused-ring (bicyclic) bond motifs is 1. The van der Waals surface area contributed by atoms with Crippen LogP contribution < -0.4 is 5.73 Å². The van der Waals surface area contributed by atoms with Crippen molar-refractivity contribution in [2.45, 2.75) is 6.92 Å². The first-order valence-electron chi connectivity index (χ1n) is 5.24. The molecule has 3 N–H and O–H groups in total. The molecule has 8 nitrogen and oxygen atoms in total. The summed E-state index contributed by atoms with van der Waals surface area (Å²) in [6, 6.07) is 3.74. The summed E-state index contributed by atoms with van der Waals surface area (Å²) in [5.74, 6) is -0.832. The maximum Gasteiger partial charge on any atom is 0.271 e. The molecule has 1 heterocycles. The lowest BCUT2D eigenvalue weighted by molar-refractivity contribution is -0.384. The minimum atomic E-state index is -0.599. The van der Waals surface area contributed by atoms with Crippen molar-refractivity contribution in [1.82, 2.24) is 9.71 Å². The fourth-order valence-corrected chi connectivity index (χ4v) is 1.60. The van der Waals surface area contributed by atoms with Gasteiger partial charge in [0.2, 0.25) is 11.6 Å². The number of imidazole rings is 1. The summed E-state index contributed by atoms with van der Waals surface area (Å²) in [6.45, 7) is 1.52. The molecule has 0 aliphatic rings. The van der Waals surface area contributed by atoms with E-state index >= 15 is 0 Å². The molecule has 98 valence electrons. The zero-order valence-corrected chi connectivity index (χ0v) is 9.90. The van der Waals surface area contributed by atoms with Crippen molar-refractivity contribution in [3.8, 4) is 0 Å². The molecule has 0 saturated carbocycles. The number of carbonyl (C=O) groups is 1. The van der Waals surface area contributed by atoms with Crippen LogP contribution in [-0.2, 0) is 0 Å². The molecule has 8 heteroatoms. The SMILES string of the molecule is CC(N)=CC(=O)c1nc2ccc([N+](=O)[O-])cc2n1O. The summed E-state index contributed by atoms with van der Waals surface area (Å²) in [5.41, 5.74) is 5.80. The van der Waals surface area contributed by atoms with E-state index in [4.69, 9.17) is 5.73 Å². The van der Waals surface area contributed by atoms with Gasteiger partial charge >= 0.3 is 0 Å². The van der Waals surface area contributed by atoms with E-state index in [-0.39, 0.29) is 28.2 Å². The number of carbonyl (C=O) groups excluding carboxylic acids is 1. The first-order chi connectivity index (χ1) is 8.90. The molecule has 0 bridgehead atoms. The van der Waals surface area contributed by atoms with E-state index in [1.54, 1.807) is 0 Å². The largest absolute Gasteiger partial charge is 0.426 e. The van der Waals surface area contributed by atoms with Crippen molar-refractivity contribution in [3.63, 3.8) is 0 Å². The Balaban J connectivity index is 2.60. The third-order valence-corrected chi connectivity index (χ3v) is 2.40. The first-order valence-corrected chi connectivity index (χ1v) is 5.24. The molecule has 0 atom stereocenters. The number of nitrogens with two attached hydrogens (primary N) is 1. The van der Waals surface area contributed by atoms with Gasteiger partial charge in [0, 0.05) is 23.9 Å². The molecule has 0 amide bonds. The van der Waals surface area contributed by atoms with Gasteiger partial charge in [-0.15, -0.1) is 0 Å². The third kappa shape index (κ3) is 2.23. The molecule has 0 aliphatic carbocycles. The highest BCUT2D eigenvalue weighted by Gasteiger charge is 2.18. The molecule has 0 aliphatic heterocycles. The van der Waals surface area contributed by atoms with Gasteiger partial charge in [0.05, 0.1) is 10.4 Å². The van der Waals surface area contributed by atoms with Crippen LogP contribution in [0.15, 0.2) is 30.0 Å². The molecule has 0 unspecified atom stereocenters. The average Bonchev–Trinajstić information content (AvgIpc) is 2.65. The predicted octanol–water partition coefficient (Wildman–Crippen LogP) is 1.23. The second kappa shape index (κ2) is 4.41. The Morgan fingerprint density at radius 2 is 2.26 bits per heavy atom. The number of nitro benzene ring substituents is 1. The lowest BCUT2D eigenvalue weighted by atomic mass is 10.3. The Morgan fingerprint density at radius 1 is 1.58 bits per heavy atom. The molecule has 2 rings (SSSR count). The molecule has 0 radical (unpaired) electrons. The van der Waals surface area contributed by atoms with Crippen molar-refractivity contribution in [2.75, 3.05) is 0 Å². The minimum Gasteiger partial charge on any atom is -0.426 e. The Labute approximate surface area is 106 Å². The number of benzene rings is 1. The number of nitrogens with zero attached hydrogens (tertiary/aromatic N) is 3. The van der Waals surface area contributed by atoms with Crippen molar-refractivity contribution >= 4 is 22.5 Å². The van der Waals surface area contributed by atoms with Gasteiger partial charge < -0.3 is 10.9 Å². The van der Waals surface area contributed by atoms with E-state index in [1.807, 2.05) is 0 Å². The zero-order valence-electron chi connectivity index (χ0n) is 9.90. The summed E-state index contributed by atoms with van der Waals surface area (Å²) < 4.78 is 0.518. The fraction of sp³-hybridized carbons (Fsp3) is 0.0909. The summed E-state index contributed by atoms with van der Waals surface area (Å²) in [7, 11) is 0. The van der Waals surface area contributed by atoms with Crippen molar-refractivity contribution in [2.24, 2.45) is 5.73 Å². The number of aromatic nitrogens is 2. The summed E-state index contributed by atoms with van der Waals surface area (Å²) in [4.78, 5) is 25.7. The molecule has 2 aromatic rings. The van der Waals surface area contributed by atoms with Gasteiger partial charge in [-0.3, -0.25) is 14.9 Å². The van der Waals surface area contributed by atoms with Crippen LogP contribution in [0.1, 0.15) is 17.5 Å². The second-order valence-corrected chi connectivity index (χ2v) is 3.93. The number of non-ortho nitro benzene ring substituents is 1. The van der Waals surface area contributed by atoms with E-state index in [1.165, 1.54) is 19.1 Å². The zero-order chi connectivity index (χ0) is 14.2. The molecular weight excluding hydrogens is 252 g/mol. The lowest BCUT2D eigenvalue weighted by Crippen LogP contribution is -2.07. The van der Waals surface area contributed by atoms with E-state index in [9.17, 15) is 20.1 Å². The number of allylic oxidation sites excluding steroid dienone is 2.